The molecule has 2 aromatic rings. The van der Waals surface area contributed by atoms with Gasteiger partial charge in [0, 0.05) is 11.9 Å². The van der Waals surface area contributed by atoms with Crippen LogP contribution in [-0.4, -0.2) is 27.7 Å². The highest BCUT2D eigenvalue weighted by atomic mass is 16.4. The number of hydrazone groups is 1. The summed E-state index contributed by atoms with van der Waals surface area (Å²) in [4.78, 5) is 26.5. The Bertz CT molecular complexity index is 804. The second-order valence-electron chi connectivity index (χ2n) is 4.84. The first-order chi connectivity index (χ1) is 10.6. The van der Waals surface area contributed by atoms with E-state index in [9.17, 15) is 9.59 Å². The molecule has 110 valence electrons. The molecule has 1 aliphatic rings. The molecule has 1 amide bonds. The van der Waals surface area contributed by atoms with E-state index in [4.69, 9.17) is 5.11 Å². The Kier molecular flexibility index (Phi) is 3.34. The standard InChI is InChI=1S/C16H13N3O3/c1-10-14(9-12-5-3-7-17-12)15(20)19(18-10)13-6-2-4-11(8-13)16(21)22/h2-9,17H,1H3,(H,21,22)/b14-9-. The van der Waals surface area contributed by atoms with Crippen LogP contribution in [0.25, 0.3) is 6.08 Å². The van der Waals surface area contributed by atoms with Gasteiger partial charge in [0.25, 0.3) is 5.91 Å². The molecule has 0 aliphatic carbocycles. The van der Waals surface area contributed by atoms with E-state index in [0.717, 1.165) is 5.69 Å². The smallest absolute Gasteiger partial charge is 0.335 e. The number of hydrogen-bond acceptors (Lipinski definition) is 3. The van der Waals surface area contributed by atoms with E-state index in [1.54, 1.807) is 31.3 Å². The molecular formula is C16H13N3O3. The SMILES string of the molecule is CC1=NN(c2cccc(C(=O)O)c2)C(=O)/C1=C\c1ccc[nH]1. The van der Waals surface area contributed by atoms with Crippen molar-refractivity contribution in [3.8, 4) is 0 Å². The van der Waals surface area contributed by atoms with Crippen molar-refractivity contribution in [2.45, 2.75) is 6.92 Å². The van der Waals surface area contributed by atoms with Gasteiger partial charge in [-0.2, -0.15) is 10.1 Å². The minimum Gasteiger partial charge on any atom is -0.478 e. The third-order valence-corrected chi connectivity index (χ3v) is 3.32. The summed E-state index contributed by atoms with van der Waals surface area (Å²) >= 11 is 0. The second kappa shape index (κ2) is 5.33. The number of nitrogens with one attached hydrogen (secondary N) is 1. The highest BCUT2D eigenvalue weighted by Gasteiger charge is 2.29. The molecule has 0 spiro atoms. The van der Waals surface area contributed by atoms with Gasteiger partial charge in [-0.25, -0.2) is 4.79 Å². The number of carboxylic acid groups (broad SMARTS) is 1. The number of hydrogen-bond donors (Lipinski definition) is 2. The Labute approximate surface area is 126 Å². The number of carbonyl (C=O) groups excluding carboxylic acids is 1. The van der Waals surface area contributed by atoms with Crippen LogP contribution in [0.3, 0.4) is 0 Å². The first-order valence-corrected chi connectivity index (χ1v) is 6.65. The van der Waals surface area contributed by atoms with Crippen molar-refractivity contribution in [2.75, 3.05) is 5.01 Å². The molecule has 6 nitrogen and oxygen atoms in total. The third kappa shape index (κ3) is 2.42. The number of H-pyrrole nitrogens is 1. The van der Waals surface area contributed by atoms with Crippen molar-refractivity contribution >= 4 is 29.4 Å². The lowest BCUT2D eigenvalue weighted by atomic mass is 10.1. The summed E-state index contributed by atoms with van der Waals surface area (Å²) in [7, 11) is 0. The number of rotatable bonds is 3. The Balaban J connectivity index is 1.96. The molecule has 0 radical (unpaired) electrons. The third-order valence-electron chi connectivity index (χ3n) is 3.32. The molecule has 1 aliphatic heterocycles. The van der Waals surface area contributed by atoms with Crippen LogP contribution in [-0.2, 0) is 4.79 Å². The summed E-state index contributed by atoms with van der Waals surface area (Å²) in [6, 6.07) is 9.82. The molecule has 0 fully saturated rings. The molecule has 2 heterocycles. The van der Waals surface area contributed by atoms with Gasteiger partial charge < -0.3 is 10.1 Å². The fourth-order valence-electron chi connectivity index (χ4n) is 2.22. The van der Waals surface area contributed by atoms with E-state index >= 15 is 0 Å². The van der Waals surface area contributed by atoms with Crippen molar-refractivity contribution in [3.05, 3.63) is 59.4 Å². The van der Waals surface area contributed by atoms with Gasteiger partial charge in [0.2, 0.25) is 0 Å². The van der Waals surface area contributed by atoms with Crippen molar-refractivity contribution in [3.63, 3.8) is 0 Å². The van der Waals surface area contributed by atoms with Gasteiger partial charge in [-0.05, 0) is 43.3 Å². The highest BCUT2D eigenvalue weighted by molar-refractivity contribution is 6.32. The van der Waals surface area contributed by atoms with Gasteiger partial charge in [-0.3, -0.25) is 4.79 Å². The van der Waals surface area contributed by atoms with E-state index in [2.05, 4.69) is 10.1 Å². The summed E-state index contributed by atoms with van der Waals surface area (Å²) in [6.07, 6.45) is 3.49. The summed E-state index contributed by atoms with van der Waals surface area (Å²) in [6.45, 7) is 1.74. The van der Waals surface area contributed by atoms with Crippen molar-refractivity contribution in [1.82, 2.24) is 4.98 Å². The van der Waals surface area contributed by atoms with E-state index in [1.165, 1.54) is 17.1 Å². The maximum atomic E-state index is 12.5. The number of aromatic carboxylic acids is 1. The lowest BCUT2D eigenvalue weighted by molar-refractivity contribution is -0.114. The number of nitrogens with zero attached hydrogens (tertiary/aromatic N) is 2. The van der Waals surface area contributed by atoms with Crippen LogP contribution in [0.1, 0.15) is 23.0 Å². The molecule has 0 bridgehead atoms. The van der Waals surface area contributed by atoms with Crippen LogP contribution in [0.5, 0.6) is 0 Å². The van der Waals surface area contributed by atoms with Gasteiger partial charge in [0.1, 0.15) is 0 Å². The monoisotopic (exact) mass is 295 g/mol. The fourth-order valence-corrected chi connectivity index (χ4v) is 2.22. The summed E-state index contributed by atoms with van der Waals surface area (Å²) < 4.78 is 0. The predicted molar refractivity (Wildman–Crippen MR) is 82.8 cm³/mol. The van der Waals surface area contributed by atoms with Gasteiger partial charge in [0.15, 0.2) is 0 Å². The molecule has 1 aromatic heterocycles. The molecule has 1 aromatic carbocycles. The Morgan fingerprint density at radius 2 is 2.14 bits per heavy atom. The normalized spacial score (nSPS) is 16.2. The zero-order chi connectivity index (χ0) is 15.7. The maximum absolute atomic E-state index is 12.5. The van der Waals surface area contributed by atoms with Crippen molar-refractivity contribution < 1.29 is 14.7 Å². The van der Waals surface area contributed by atoms with Gasteiger partial charge in [0.05, 0.1) is 22.5 Å². The second-order valence-corrected chi connectivity index (χ2v) is 4.84. The molecule has 0 saturated heterocycles. The fraction of sp³-hybridized carbons (Fsp3) is 0.0625. The lowest BCUT2D eigenvalue weighted by Gasteiger charge is -2.12. The van der Waals surface area contributed by atoms with Crippen LogP contribution >= 0.6 is 0 Å². The minimum atomic E-state index is -1.05. The van der Waals surface area contributed by atoms with Gasteiger partial charge >= 0.3 is 5.97 Å². The Hall–Kier alpha value is -3.15. The molecular weight excluding hydrogens is 282 g/mol. The van der Waals surface area contributed by atoms with E-state index in [-0.39, 0.29) is 11.5 Å². The van der Waals surface area contributed by atoms with E-state index in [1.807, 2.05) is 12.1 Å². The number of aromatic nitrogens is 1. The average molecular weight is 295 g/mol. The number of aromatic amines is 1. The first kappa shape index (κ1) is 13.8. The molecule has 2 N–H and O–H groups in total. The summed E-state index contributed by atoms with van der Waals surface area (Å²) in [5.41, 5.74) is 2.40. The zero-order valence-corrected chi connectivity index (χ0v) is 11.8. The van der Waals surface area contributed by atoms with Crippen molar-refractivity contribution in [1.29, 1.82) is 0 Å². The van der Waals surface area contributed by atoms with Crippen LogP contribution in [0, 0.1) is 0 Å². The molecule has 0 saturated carbocycles. The maximum Gasteiger partial charge on any atom is 0.335 e. The molecule has 0 atom stereocenters. The largest absolute Gasteiger partial charge is 0.478 e. The van der Waals surface area contributed by atoms with Crippen LogP contribution in [0.2, 0.25) is 0 Å². The first-order valence-electron chi connectivity index (χ1n) is 6.65. The van der Waals surface area contributed by atoms with Crippen molar-refractivity contribution in [2.24, 2.45) is 5.10 Å². The van der Waals surface area contributed by atoms with E-state index < -0.39 is 5.97 Å². The zero-order valence-electron chi connectivity index (χ0n) is 11.8. The topological polar surface area (TPSA) is 85.8 Å². The van der Waals surface area contributed by atoms with E-state index in [0.29, 0.717) is 17.0 Å². The average Bonchev–Trinajstić information content (AvgIpc) is 3.11. The number of anilines is 1. The molecule has 22 heavy (non-hydrogen) atoms. The Morgan fingerprint density at radius 3 is 2.82 bits per heavy atom. The summed E-state index contributed by atoms with van der Waals surface area (Å²) in [5, 5.41) is 14.5. The van der Waals surface area contributed by atoms with Crippen LogP contribution in [0.4, 0.5) is 5.69 Å². The van der Waals surface area contributed by atoms with Crippen LogP contribution < -0.4 is 5.01 Å². The summed E-state index contributed by atoms with van der Waals surface area (Å²) in [5.74, 6) is -1.33. The number of carbonyl (C=O) groups is 2. The number of benzene rings is 1. The van der Waals surface area contributed by atoms with Gasteiger partial charge in [-0.1, -0.05) is 6.07 Å². The highest BCUT2D eigenvalue weighted by Crippen LogP contribution is 2.25. The minimum absolute atomic E-state index is 0.111. The molecule has 6 heteroatoms. The van der Waals surface area contributed by atoms with Gasteiger partial charge in [-0.15, -0.1) is 0 Å². The number of carboxylic acids is 1. The molecule has 3 rings (SSSR count). The predicted octanol–water partition coefficient (Wildman–Crippen LogP) is 2.52. The Morgan fingerprint density at radius 1 is 1.32 bits per heavy atom. The molecule has 0 unspecified atom stereocenters. The quantitative estimate of drug-likeness (QED) is 0.853. The van der Waals surface area contributed by atoms with Crippen LogP contribution in [0.15, 0.2) is 53.3 Å². The lowest BCUT2D eigenvalue weighted by Crippen LogP contribution is -2.21. The number of amides is 1.